The van der Waals surface area contributed by atoms with Gasteiger partial charge in [0.05, 0.1) is 12.0 Å². The van der Waals surface area contributed by atoms with Gasteiger partial charge in [0.2, 0.25) is 5.91 Å². The van der Waals surface area contributed by atoms with E-state index in [-0.39, 0.29) is 29.4 Å². The molecule has 1 aliphatic carbocycles. The number of H-pyrrole nitrogens is 1. The Morgan fingerprint density at radius 3 is 2.63 bits per heavy atom. The lowest BCUT2D eigenvalue weighted by atomic mass is 9.88. The highest BCUT2D eigenvalue weighted by atomic mass is 16.5. The topological polar surface area (TPSA) is 106 Å². The van der Waals surface area contributed by atoms with Crippen LogP contribution in [-0.4, -0.2) is 26.5 Å². The number of carbonyl (C=O) groups excluding carboxylic acids is 2. The third kappa shape index (κ3) is 4.27. The molecule has 0 spiro atoms. The minimum atomic E-state index is -0.553. The van der Waals surface area contributed by atoms with Crippen LogP contribution in [0.5, 0.6) is 5.75 Å². The van der Waals surface area contributed by atoms with Gasteiger partial charge in [-0.2, -0.15) is 0 Å². The summed E-state index contributed by atoms with van der Waals surface area (Å²) in [5.41, 5.74) is 1.63. The zero-order valence-electron chi connectivity index (χ0n) is 16.8. The summed E-state index contributed by atoms with van der Waals surface area (Å²) in [5, 5.41) is 5.70. The number of nitrogens with zero attached hydrogens (tertiary/aromatic N) is 2. The Morgan fingerprint density at radius 1 is 1.17 bits per heavy atom. The van der Waals surface area contributed by atoms with E-state index in [0.717, 1.165) is 25.7 Å². The number of hydrogen-bond donors (Lipinski definition) is 2. The molecular formula is C22H24N4O4. The molecule has 1 aliphatic rings. The van der Waals surface area contributed by atoms with E-state index >= 15 is 0 Å². The lowest BCUT2D eigenvalue weighted by Gasteiger charge is -2.20. The Bertz CT molecular complexity index is 1120. The number of aromatic nitrogens is 3. The van der Waals surface area contributed by atoms with E-state index in [1.165, 1.54) is 10.9 Å². The molecule has 4 rings (SSSR count). The van der Waals surface area contributed by atoms with Gasteiger partial charge in [-0.1, -0.05) is 19.3 Å². The zero-order chi connectivity index (χ0) is 21.1. The molecule has 1 amide bonds. The van der Waals surface area contributed by atoms with Gasteiger partial charge in [-0.25, -0.2) is 9.50 Å². The number of esters is 1. The molecular weight excluding hydrogens is 384 g/mol. The molecule has 1 saturated carbocycles. The van der Waals surface area contributed by atoms with Crippen molar-refractivity contribution in [3.8, 4) is 5.75 Å². The highest BCUT2D eigenvalue weighted by Crippen LogP contribution is 2.25. The summed E-state index contributed by atoms with van der Waals surface area (Å²) in [5.74, 6) is -0.0864. The molecule has 0 unspecified atom stereocenters. The highest BCUT2D eigenvalue weighted by molar-refractivity contribution is 5.92. The van der Waals surface area contributed by atoms with E-state index in [9.17, 15) is 14.4 Å². The number of rotatable bonds is 5. The number of fused-ring (bicyclic) bond motifs is 1. The molecule has 8 nitrogen and oxygen atoms in total. The Kier molecular flexibility index (Phi) is 5.65. The summed E-state index contributed by atoms with van der Waals surface area (Å²) in [6.45, 7) is 1.70. The first-order chi connectivity index (χ1) is 14.5. The zero-order valence-corrected chi connectivity index (χ0v) is 16.8. The second kappa shape index (κ2) is 8.52. The fourth-order valence-corrected chi connectivity index (χ4v) is 3.84. The van der Waals surface area contributed by atoms with Crippen LogP contribution in [0.25, 0.3) is 5.65 Å². The maximum absolute atomic E-state index is 12.5. The number of benzene rings is 1. The number of carbonyl (C=O) groups is 2. The van der Waals surface area contributed by atoms with Crippen molar-refractivity contribution in [3.63, 3.8) is 0 Å². The highest BCUT2D eigenvalue weighted by Gasteiger charge is 2.21. The Morgan fingerprint density at radius 2 is 1.90 bits per heavy atom. The average Bonchev–Trinajstić information content (AvgIpc) is 3.22. The molecule has 3 aromatic rings. The van der Waals surface area contributed by atoms with E-state index < -0.39 is 5.97 Å². The summed E-state index contributed by atoms with van der Waals surface area (Å²) >= 11 is 0. The van der Waals surface area contributed by atoms with Crippen LogP contribution in [0.1, 0.15) is 43.4 Å². The number of nitrogens with one attached hydrogen (secondary N) is 2. The second-order valence-corrected chi connectivity index (χ2v) is 7.64. The van der Waals surface area contributed by atoms with Crippen molar-refractivity contribution in [2.75, 3.05) is 5.32 Å². The lowest BCUT2D eigenvalue weighted by Crippen LogP contribution is -2.25. The summed E-state index contributed by atoms with van der Waals surface area (Å²) in [6.07, 6.45) is 6.70. The monoisotopic (exact) mass is 408 g/mol. The molecule has 2 heterocycles. The third-order valence-corrected chi connectivity index (χ3v) is 5.50. The summed E-state index contributed by atoms with van der Waals surface area (Å²) < 4.78 is 6.65. The molecule has 30 heavy (non-hydrogen) atoms. The normalized spacial score (nSPS) is 14.6. The molecule has 0 atom stereocenters. The summed E-state index contributed by atoms with van der Waals surface area (Å²) in [4.78, 5) is 41.5. The predicted molar refractivity (Wildman–Crippen MR) is 112 cm³/mol. The molecule has 0 saturated heterocycles. The Hall–Kier alpha value is -3.42. The number of anilines is 1. The number of ether oxygens (including phenoxy) is 1. The molecule has 2 N–H and O–H groups in total. The molecule has 8 heteroatoms. The van der Waals surface area contributed by atoms with E-state index in [4.69, 9.17) is 4.74 Å². The Labute approximate surface area is 173 Å². The van der Waals surface area contributed by atoms with Gasteiger partial charge in [0.25, 0.3) is 5.56 Å². The van der Waals surface area contributed by atoms with Gasteiger partial charge in [-0.3, -0.25) is 19.5 Å². The van der Waals surface area contributed by atoms with Crippen LogP contribution in [-0.2, 0) is 16.0 Å². The first kappa shape index (κ1) is 19.9. The number of amides is 1. The quantitative estimate of drug-likeness (QED) is 0.499. The van der Waals surface area contributed by atoms with Crippen molar-refractivity contribution in [3.05, 3.63) is 58.1 Å². The molecule has 0 radical (unpaired) electrons. The van der Waals surface area contributed by atoms with Crippen LogP contribution in [0.2, 0.25) is 0 Å². The molecule has 2 aromatic heterocycles. The van der Waals surface area contributed by atoms with Crippen molar-refractivity contribution >= 4 is 23.2 Å². The first-order valence-corrected chi connectivity index (χ1v) is 10.2. The van der Waals surface area contributed by atoms with Crippen molar-refractivity contribution in [1.29, 1.82) is 0 Å². The second-order valence-electron chi connectivity index (χ2n) is 7.64. The van der Waals surface area contributed by atoms with Crippen LogP contribution >= 0.6 is 0 Å². The van der Waals surface area contributed by atoms with Gasteiger partial charge < -0.3 is 10.1 Å². The van der Waals surface area contributed by atoms with E-state index in [1.54, 1.807) is 43.5 Å². The predicted octanol–water partition coefficient (Wildman–Crippen LogP) is 3.00. The van der Waals surface area contributed by atoms with Crippen molar-refractivity contribution < 1.29 is 14.3 Å². The molecule has 1 aromatic carbocycles. The minimum Gasteiger partial charge on any atom is -0.426 e. The Balaban J connectivity index is 1.38. The van der Waals surface area contributed by atoms with Gasteiger partial charge in [-0.15, -0.1) is 0 Å². The van der Waals surface area contributed by atoms with Crippen molar-refractivity contribution in [2.24, 2.45) is 5.92 Å². The van der Waals surface area contributed by atoms with Crippen LogP contribution in [0, 0.1) is 12.8 Å². The van der Waals surface area contributed by atoms with Gasteiger partial charge >= 0.3 is 5.97 Å². The lowest BCUT2D eigenvalue weighted by molar-refractivity contribution is -0.133. The van der Waals surface area contributed by atoms with Gasteiger partial charge in [0.15, 0.2) is 5.65 Å². The van der Waals surface area contributed by atoms with Gasteiger partial charge in [0, 0.05) is 29.6 Å². The number of aryl methyl sites for hydroxylation is 1. The largest absolute Gasteiger partial charge is 0.426 e. The molecule has 0 bridgehead atoms. The SMILES string of the molecule is Cc1nc2cc[nH]n2c(=O)c1CC(=O)Oc1ccc(NC(=O)C2CCCCC2)cc1. The maximum atomic E-state index is 12.5. The van der Waals surface area contributed by atoms with E-state index in [0.29, 0.717) is 22.8 Å². The fourth-order valence-electron chi connectivity index (χ4n) is 3.84. The van der Waals surface area contributed by atoms with Gasteiger partial charge in [-0.05, 0) is 44.0 Å². The average molecular weight is 408 g/mol. The van der Waals surface area contributed by atoms with Crippen LogP contribution in [0.4, 0.5) is 5.69 Å². The van der Waals surface area contributed by atoms with E-state index in [2.05, 4.69) is 15.4 Å². The number of aromatic amines is 1. The minimum absolute atomic E-state index is 0.0441. The molecule has 0 aliphatic heterocycles. The van der Waals surface area contributed by atoms with Crippen molar-refractivity contribution in [2.45, 2.75) is 45.4 Å². The summed E-state index contributed by atoms with van der Waals surface area (Å²) in [7, 11) is 0. The van der Waals surface area contributed by atoms with E-state index in [1.807, 2.05) is 0 Å². The van der Waals surface area contributed by atoms with Crippen molar-refractivity contribution in [1.82, 2.24) is 14.6 Å². The number of hydrogen-bond acceptors (Lipinski definition) is 5. The van der Waals surface area contributed by atoms with Crippen LogP contribution in [0.3, 0.4) is 0 Å². The smallest absolute Gasteiger partial charge is 0.315 e. The summed E-state index contributed by atoms with van der Waals surface area (Å²) in [6, 6.07) is 8.35. The maximum Gasteiger partial charge on any atom is 0.315 e. The van der Waals surface area contributed by atoms with Gasteiger partial charge in [0.1, 0.15) is 5.75 Å². The van der Waals surface area contributed by atoms with Crippen LogP contribution in [0.15, 0.2) is 41.3 Å². The fraction of sp³-hybridized carbons (Fsp3) is 0.364. The molecule has 156 valence electrons. The molecule has 1 fully saturated rings. The first-order valence-electron chi connectivity index (χ1n) is 10.2. The van der Waals surface area contributed by atoms with Crippen LogP contribution < -0.4 is 15.6 Å². The standard InChI is InChI=1S/C22H24N4O4/c1-14-18(22(29)26-19(24-14)11-12-23-26)13-20(27)30-17-9-7-16(8-10-17)25-21(28)15-5-3-2-4-6-15/h7-12,15,23H,2-6,13H2,1H3,(H,25,28). The third-order valence-electron chi connectivity index (χ3n) is 5.50.